The number of hydrogen-bond acceptors (Lipinski definition) is 4. The minimum absolute atomic E-state index is 0.327. The Morgan fingerprint density at radius 1 is 1.35 bits per heavy atom. The predicted octanol–water partition coefficient (Wildman–Crippen LogP) is 0.376. The standard InChI is InChI=1S/C13H27N3O/c1-11(14)12-4-3-5-16(8-12)10-13-9-15(2)6-7-17-13/h11-13H,3-10,14H2,1-2H3. The van der Waals surface area contributed by atoms with Gasteiger partial charge in [-0.15, -0.1) is 0 Å². The number of rotatable bonds is 3. The van der Waals surface area contributed by atoms with Crippen molar-refractivity contribution in [3.8, 4) is 0 Å². The molecule has 2 aliphatic rings. The van der Waals surface area contributed by atoms with E-state index in [0.717, 1.165) is 32.8 Å². The van der Waals surface area contributed by atoms with Crippen LogP contribution in [-0.4, -0.2) is 68.3 Å². The van der Waals surface area contributed by atoms with Gasteiger partial charge in [0.2, 0.25) is 0 Å². The molecule has 3 unspecified atom stereocenters. The van der Waals surface area contributed by atoms with Gasteiger partial charge >= 0.3 is 0 Å². The fraction of sp³-hybridized carbons (Fsp3) is 1.00. The Morgan fingerprint density at radius 3 is 2.88 bits per heavy atom. The number of morpholine rings is 1. The first-order valence-corrected chi connectivity index (χ1v) is 6.93. The summed E-state index contributed by atoms with van der Waals surface area (Å²) in [6.45, 7) is 8.60. The van der Waals surface area contributed by atoms with Crippen molar-refractivity contribution in [1.29, 1.82) is 0 Å². The third-order valence-corrected chi connectivity index (χ3v) is 4.09. The second-order valence-electron chi connectivity index (χ2n) is 5.78. The van der Waals surface area contributed by atoms with E-state index in [-0.39, 0.29) is 0 Å². The minimum atomic E-state index is 0.327. The number of piperidine rings is 1. The second kappa shape index (κ2) is 6.14. The smallest absolute Gasteiger partial charge is 0.0829 e. The van der Waals surface area contributed by atoms with Crippen LogP contribution in [-0.2, 0) is 4.74 Å². The van der Waals surface area contributed by atoms with Gasteiger partial charge in [-0.05, 0) is 39.3 Å². The van der Waals surface area contributed by atoms with Crippen LogP contribution in [0, 0.1) is 5.92 Å². The van der Waals surface area contributed by atoms with Crippen LogP contribution in [0.4, 0.5) is 0 Å². The maximum atomic E-state index is 6.02. The third kappa shape index (κ3) is 3.91. The van der Waals surface area contributed by atoms with Gasteiger partial charge in [-0.3, -0.25) is 0 Å². The van der Waals surface area contributed by atoms with Crippen LogP contribution >= 0.6 is 0 Å². The Kier molecular flexibility index (Phi) is 4.79. The number of nitrogens with zero attached hydrogens (tertiary/aromatic N) is 2. The zero-order valence-corrected chi connectivity index (χ0v) is 11.3. The van der Waals surface area contributed by atoms with E-state index in [1.807, 2.05) is 0 Å². The van der Waals surface area contributed by atoms with Gasteiger partial charge < -0.3 is 20.3 Å². The van der Waals surface area contributed by atoms with Gasteiger partial charge in [0.25, 0.3) is 0 Å². The molecule has 0 saturated carbocycles. The van der Waals surface area contributed by atoms with E-state index in [1.165, 1.54) is 19.4 Å². The summed E-state index contributed by atoms with van der Waals surface area (Å²) in [7, 11) is 2.18. The lowest BCUT2D eigenvalue weighted by molar-refractivity contribution is -0.0409. The Hall–Kier alpha value is -0.160. The summed E-state index contributed by atoms with van der Waals surface area (Å²) in [5, 5.41) is 0. The molecule has 2 saturated heterocycles. The highest BCUT2D eigenvalue weighted by Crippen LogP contribution is 2.19. The molecular weight excluding hydrogens is 214 g/mol. The summed E-state index contributed by atoms with van der Waals surface area (Å²) >= 11 is 0. The van der Waals surface area contributed by atoms with Gasteiger partial charge in [0, 0.05) is 32.2 Å². The fourth-order valence-corrected chi connectivity index (χ4v) is 2.95. The Morgan fingerprint density at radius 2 is 2.18 bits per heavy atom. The number of likely N-dealkylation sites (tertiary alicyclic amines) is 1. The maximum Gasteiger partial charge on any atom is 0.0829 e. The van der Waals surface area contributed by atoms with Crippen LogP contribution in [0.25, 0.3) is 0 Å². The molecule has 17 heavy (non-hydrogen) atoms. The van der Waals surface area contributed by atoms with Crippen molar-refractivity contribution in [3.05, 3.63) is 0 Å². The molecule has 0 aromatic carbocycles. The van der Waals surface area contributed by atoms with E-state index >= 15 is 0 Å². The summed E-state index contributed by atoms with van der Waals surface area (Å²) in [5.41, 5.74) is 6.02. The maximum absolute atomic E-state index is 6.02. The Bertz CT molecular complexity index is 235. The zero-order valence-electron chi connectivity index (χ0n) is 11.3. The molecule has 4 nitrogen and oxygen atoms in total. The summed E-state index contributed by atoms with van der Waals surface area (Å²) in [6, 6.07) is 0.327. The molecule has 3 atom stereocenters. The van der Waals surface area contributed by atoms with Crippen molar-refractivity contribution < 1.29 is 4.74 Å². The number of ether oxygens (including phenoxy) is 1. The van der Waals surface area contributed by atoms with Crippen molar-refractivity contribution in [1.82, 2.24) is 9.80 Å². The van der Waals surface area contributed by atoms with Gasteiger partial charge in [-0.2, -0.15) is 0 Å². The molecule has 2 N–H and O–H groups in total. The quantitative estimate of drug-likeness (QED) is 0.775. The van der Waals surface area contributed by atoms with Gasteiger partial charge in [0.1, 0.15) is 0 Å². The molecule has 2 heterocycles. The second-order valence-corrected chi connectivity index (χ2v) is 5.78. The van der Waals surface area contributed by atoms with E-state index < -0.39 is 0 Å². The first-order valence-electron chi connectivity index (χ1n) is 6.93. The Balaban J connectivity index is 1.78. The van der Waals surface area contributed by atoms with Crippen molar-refractivity contribution in [2.75, 3.05) is 46.4 Å². The summed E-state index contributed by atoms with van der Waals surface area (Å²) < 4.78 is 5.83. The van der Waals surface area contributed by atoms with E-state index in [0.29, 0.717) is 18.1 Å². The zero-order chi connectivity index (χ0) is 12.3. The van der Waals surface area contributed by atoms with Gasteiger partial charge in [0.15, 0.2) is 0 Å². The molecule has 0 bridgehead atoms. The van der Waals surface area contributed by atoms with Crippen molar-refractivity contribution >= 4 is 0 Å². The van der Waals surface area contributed by atoms with Gasteiger partial charge in [-0.25, -0.2) is 0 Å². The molecule has 100 valence electrons. The Labute approximate surface area is 105 Å². The van der Waals surface area contributed by atoms with Crippen molar-refractivity contribution in [3.63, 3.8) is 0 Å². The molecule has 0 amide bonds. The average Bonchev–Trinajstić information content (AvgIpc) is 2.29. The molecule has 2 rings (SSSR count). The predicted molar refractivity (Wildman–Crippen MR) is 70.1 cm³/mol. The van der Waals surface area contributed by atoms with E-state index in [4.69, 9.17) is 10.5 Å². The monoisotopic (exact) mass is 241 g/mol. The number of hydrogen-bond donors (Lipinski definition) is 1. The van der Waals surface area contributed by atoms with Crippen LogP contribution in [0.5, 0.6) is 0 Å². The molecule has 0 aromatic rings. The lowest BCUT2D eigenvalue weighted by Crippen LogP contribution is -2.49. The van der Waals surface area contributed by atoms with Crippen LogP contribution in [0.1, 0.15) is 19.8 Å². The summed E-state index contributed by atoms with van der Waals surface area (Å²) in [4.78, 5) is 4.91. The first kappa shape index (κ1) is 13.3. The summed E-state index contributed by atoms with van der Waals surface area (Å²) in [5.74, 6) is 0.671. The van der Waals surface area contributed by atoms with Gasteiger partial charge in [-0.1, -0.05) is 0 Å². The van der Waals surface area contributed by atoms with Crippen molar-refractivity contribution in [2.45, 2.75) is 31.9 Å². The first-order chi connectivity index (χ1) is 8.15. The average molecular weight is 241 g/mol. The minimum Gasteiger partial charge on any atom is -0.374 e. The lowest BCUT2D eigenvalue weighted by Gasteiger charge is -2.38. The molecular formula is C13H27N3O. The SMILES string of the molecule is CC(N)C1CCCN(CC2CN(C)CCO2)C1. The molecule has 0 aromatic heterocycles. The van der Waals surface area contributed by atoms with Crippen molar-refractivity contribution in [2.24, 2.45) is 11.7 Å². The van der Waals surface area contributed by atoms with E-state index in [2.05, 4.69) is 23.8 Å². The van der Waals surface area contributed by atoms with Crippen LogP contribution in [0.2, 0.25) is 0 Å². The fourth-order valence-electron chi connectivity index (χ4n) is 2.95. The largest absolute Gasteiger partial charge is 0.374 e. The normalized spacial score (nSPS) is 34.8. The van der Waals surface area contributed by atoms with E-state index in [9.17, 15) is 0 Å². The third-order valence-electron chi connectivity index (χ3n) is 4.09. The molecule has 4 heteroatoms. The molecule has 2 aliphatic heterocycles. The highest BCUT2D eigenvalue weighted by Gasteiger charge is 2.26. The highest BCUT2D eigenvalue weighted by atomic mass is 16.5. The molecule has 0 spiro atoms. The molecule has 2 fully saturated rings. The van der Waals surface area contributed by atoms with Crippen LogP contribution < -0.4 is 5.73 Å². The molecule has 0 radical (unpaired) electrons. The summed E-state index contributed by atoms with van der Waals surface area (Å²) in [6.07, 6.45) is 2.97. The van der Waals surface area contributed by atoms with Gasteiger partial charge in [0.05, 0.1) is 12.7 Å². The van der Waals surface area contributed by atoms with Crippen LogP contribution in [0.15, 0.2) is 0 Å². The number of likely N-dealkylation sites (N-methyl/N-ethyl adjacent to an activating group) is 1. The highest BCUT2D eigenvalue weighted by molar-refractivity contribution is 4.81. The topological polar surface area (TPSA) is 41.7 Å². The molecule has 0 aliphatic carbocycles. The van der Waals surface area contributed by atoms with E-state index in [1.54, 1.807) is 0 Å². The lowest BCUT2D eigenvalue weighted by atomic mass is 9.92. The number of nitrogens with two attached hydrogens (primary N) is 1. The van der Waals surface area contributed by atoms with Crippen LogP contribution in [0.3, 0.4) is 0 Å².